The molecule has 176 valence electrons. The van der Waals surface area contributed by atoms with Gasteiger partial charge in [0.2, 0.25) is 0 Å². The van der Waals surface area contributed by atoms with E-state index in [1.165, 1.54) is 34.5 Å². The number of hydrogen-bond donors (Lipinski definition) is 2. The van der Waals surface area contributed by atoms with Gasteiger partial charge in [-0.3, -0.25) is 14.7 Å². The van der Waals surface area contributed by atoms with Gasteiger partial charge in [0, 0.05) is 35.7 Å². The van der Waals surface area contributed by atoms with Gasteiger partial charge in [-0.25, -0.2) is 19.2 Å². The van der Waals surface area contributed by atoms with Gasteiger partial charge in [0.1, 0.15) is 17.2 Å². The minimum atomic E-state index is -0.700. The Labute approximate surface area is 198 Å². The highest BCUT2D eigenvalue weighted by molar-refractivity contribution is 7.98. The Kier molecular flexibility index (Phi) is 6.13. The summed E-state index contributed by atoms with van der Waals surface area (Å²) in [6.45, 7) is 5.84. The van der Waals surface area contributed by atoms with Crippen LogP contribution in [-0.2, 0) is 12.5 Å². The topological polar surface area (TPSA) is 115 Å². The molecule has 0 aliphatic carbocycles. The number of pyridine rings is 1. The lowest BCUT2D eigenvalue weighted by molar-refractivity contribution is 0.261. The van der Waals surface area contributed by atoms with Crippen molar-refractivity contribution in [3.63, 3.8) is 0 Å². The summed E-state index contributed by atoms with van der Waals surface area (Å²) < 4.78 is 21.1. The highest BCUT2D eigenvalue weighted by Gasteiger charge is 2.21. The number of thioether (sulfide) groups is 1. The largest absolute Gasteiger partial charge is 0.359 e. The van der Waals surface area contributed by atoms with Crippen molar-refractivity contribution < 1.29 is 13.7 Å². The summed E-state index contributed by atoms with van der Waals surface area (Å²) in [4.78, 5) is 34.1. The second-order valence-corrected chi connectivity index (χ2v) is 9.43. The van der Waals surface area contributed by atoms with Gasteiger partial charge in [0.05, 0.1) is 5.69 Å². The number of aromatic nitrogens is 4. The van der Waals surface area contributed by atoms with Crippen molar-refractivity contribution in [3.8, 4) is 11.1 Å². The number of aryl methyl sites for hydroxylation is 1. The molecule has 0 spiro atoms. The van der Waals surface area contributed by atoms with E-state index in [-0.39, 0.29) is 22.5 Å². The summed E-state index contributed by atoms with van der Waals surface area (Å²) in [7, 11) is 1.62. The molecule has 34 heavy (non-hydrogen) atoms. The van der Waals surface area contributed by atoms with Crippen LogP contribution in [0.4, 0.5) is 20.7 Å². The number of rotatable bonds is 4. The molecule has 0 atom stereocenters. The number of nitrogens with zero attached hydrogens (tertiary/aromatic N) is 4. The molecule has 0 saturated heterocycles. The highest BCUT2D eigenvalue weighted by Crippen LogP contribution is 2.27. The van der Waals surface area contributed by atoms with Crippen LogP contribution in [0.3, 0.4) is 0 Å². The number of carbonyl (C=O) groups excluding carboxylic acids is 1. The van der Waals surface area contributed by atoms with Gasteiger partial charge in [-0.1, -0.05) is 43.8 Å². The van der Waals surface area contributed by atoms with Gasteiger partial charge in [-0.2, -0.15) is 0 Å². The molecule has 0 bridgehead atoms. The van der Waals surface area contributed by atoms with Crippen LogP contribution < -0.4 is 16.2 Å². The van der Waals surface area contributed by atoms with Crippen LogP contribution in [-0.4, -0.2) is 32.0 Å². The van der Waals surface area contributed by atoms with Gasteiger partial charge < -0.3 is 9.84 Å². The summed E-state index contributed by atoms with van der Waals surface area (Å²) in [5, 5.41) is 10.0. The quantitative estimate of drug-likeness (QED) is 0.318. The van der Waals surface area contributed by atoms with Crippen LogP contribution in [0.2, 0.25) is 0 Å². The molecular formula is C23H23FN6O3S. The molecule has 2 N–H and O–H groups in total. The minimum absolute atomic E-state index is 0.0920. The predicted molar refractivity (Wildman–Crippen MR) is 130 cm³/mol. The molecule has 0 fully saturated rings. The molecule has 11 heteroatoms. The molecule has 4 aromatic rings. The molecule has 0 saturated carbocycles. The Morgan fingerprint density at radius 3 is 2.62 bits per heavy atom. The van der Waals surface area contributed by atoms with E-state index in [9.17, 15) is 14.0 Å². The summed E-state index contributed by atoms with van der Waals surface area (Å²) in [5.74, 6) is 0.142. The summed E-state index contributed by atoms with van der Waals surface area (Å²) in [6, 6.07) is 6.63. The summed E-state index contributed by atoms with van der Waals surface area (Å²) in [5.41, 5.74) is 0.575. The molecule has 2 amide bonds. The van der Waals surface area contributed by atoms with Gasteiger partial charge in [-0.05, 0) is 30.0 Å². The number of fused-ring (bicyclic) bond motifs is 1. The minimum Gasteiger partial charge on any atom is -0.359 e. The monoisotopic (exact) mass is 482 g/mol. The molecule has 0 unspecified atom stereocenters. The fourth-order valence-corrected chi connectivity index (χ4v) is 3.62. The molecule has 3 heterocycles. The third kappa shape index (κ3) is 4.65. The summed E-state index contributed by atoms with van der Waals surface area (Å²) in [6.07, 6.45) is 3.49. The van der Waals surface area contributed by atoms with Crippen molar-refractivity contribution in [2.45, 2.75) is 31.3 Å². The molecule has 0 aliphatic rings. The normalized spacial score (nSPS) is 11.6. The second-order valence-electron chi connectivity index (χ2n) is 8.66. The van der Waals surface area contributed by atoms with Crippen LogP contribution >= 0.6 is 11.8 Å². The van der Waals surface area contributed by atoms with Crippen LogP contribution in [0.15, 0.2) is 51.0 Å². The predicted octanol–water partition coefficient (Wildman–Crippen LogP) is 4.79. The van der Waals surface area contributed by atoms with Gasteiger partial charge in [0.15, 0.2) is 11.0 Å². The standard InChI is InChI=1S/C23H23FN6O3S/c1-23(2,3)17-10-18(29-33-17)27-21(32)26-16-9-12(6-7-15(16)24)14-8-13-11-25-22(34-5)28-19(13)30(4)20(14)31/h6-11H,1-5H3,(H2,26,27,29,32). The third-order valence-corrected chi connectivity index (χ3v) is 5.69. The Morgan fingerprint density at radius 1 is 1.18 bits per heavy atom. The zero-order valence-corrected chi connectivity index (χ0v) is 20.1. The zero-order chi connectivity index (χ0) is 24.6. The van der Waals surface area contributed by atoms with Crippen molar-refractivity contribution in [2.24, 2.45) is 7.05 Å². The molecule has 3 aromatic heterocycles. The Hall–Kier alpha value is -3.73. The second kappa shape index (κ2) is 8.90. The fraction of sp³-hybridized carbons (Fsp3) is 0.261. The van der Waals surface area contributed by atoms with E-state index in [0.29, 0.717) is 33.1 Å². The van der Waals surface area contributed by atoms with E-state index >= 15 is 0 Å². The Morgan fingerprint density at radius 2 is 1.94 bits per heavy atom. The van der Waals surface area contributed by atoms with Gasteiger partial charge >= 0.3 is 6.03 Å². The Balaban J connectivity index is 1.63. The van der Waals surface area contributed by atoms with Gasteiger partial charge in [0.25, 0.3) is 5.56 Å². The van der Waals surface area contributed by atoms with E-state index in [2.05, 4.69) is 25.8 Å². The number of hydrogen-bond acceptors (Lipinski definition) is 7. The first-order valence-corrected chi connectivity index (χ1v) is 11.5. The van der Waals surface area contributed by atoms with E-state index in [1.807, 2.05) is 27.0 Å². The number of urea groups is 1. The van der Waals surface area contributed by atoms with Crippen molar-refractivity contribution in [2.75, 3.05) is 16.9 Å². The third-order valence-electron chi connectivity index (χ3n) is 5.13. The van der Waals surface area contributed by atoms with E-state index < -0.39 is 11.8 Å². The number of carbonyl (C=O) groups is 1. The molecule has 0 aliphatic heterocycles. The number of amides is 2. The molecule has 0 radical (unpaired) electrons. The first kappa shape index (κ1) is 23.4. The molecule has 9 nitrogen and oxygen atoms in total. The van der Waals surface area contributed by atoms with Crippen LogP contribution in [0, 0.1) is 5.82 Å². The van der Waals surface area contributed by atoms with Crippen LogP contribution in [0.1, 0.15) is 26.5 Å². The molecular weight excluding hydrogens is 459 g/mol. The summed E-state index contributed by atoms with van der Waals surface area (Å²) >= 11 is 1.38. The average Bonchev–Trinajstić information content (AvgIpc) is 3.26. The number of anilines is 2. The maximum atomic E-state index is 14.5. The number of benzene rings is 1. The van der Waals surface area contributed by atoms with E-state index in [4.69, 9.17) is 4.52 Å². The molecule has 1 aromatic carbocycles. The van der Waals surface area contributed by atoms with Crippen molar-refractivity contribution in [1.29, 1.82) is 0 Å². The lowest BCUT2D eigenvalue weighted by atomic mass is 9.93. The van der Waals surface area contributed by atoms with Crippen molar-refractivity contribution >= 4 is 40.3 Å². The first-order chi connectivity index (χ1) is 16.1. The Bertz CT molecular complexity index is 1460. The van der Waals surface area contributed by atoms with Crippen LogP contribution in [0.5, 0.6) is 0 Å². The fourth-order valence-electron chi connectivity index (χ4n) is 3.28. The molecule has 4 rings (SSSR count). The maximum absolute atomic E-state index is 14.5. The lowest BCUT2D eigenvalue weighted by Gasteiger charge is -2.12. The van der Waals surface area contributed by atoms with Crippen molar-refractivity contribution in [3.05, 3.63) is 58.5 Å². The maximum Gasteiger partial charge on any atom is 0.325 e. The number of nitrogens with one attached hydrogen (secondary N) is 2. The highest BCUT2D eigenvalue weighted by atomic mass is 32.2. The SMILES string of the molecule is CSc1ncc2cc(-c3ccc(F)c(NC(=O)Nc4cc(C(C)(C)C)on4)c3)c(=O)n(C)c2n1. The lowest BCUT2D eigenvalue weighted by Crippen LogP contribution is -2.21. The van der Waals surface area contributed by atoms with E-state index in [0.717, 1.165) is 0 Å². The zero-order valence-electron chi connectivity index (χ0n) is 19.3. The number of halogens is 1. The van der Waals surface area contributed by atoms with Crippen LogP contribution in [0.25, 0.3) is 22.2 Å². The first-order valence-electron chi connectivity index (χ1n) is 10.3. The average molecular weight is 483 g/mol. The van der Waals surface area contributed by atoms with E-state index in [1.54, 1.807) is 25.4 Å². The van der Waals surface area contributed by atoms with Crippen molar-refractivity contribution in [1.82, 2.24) is 19.7 Å². The smallest absolute Gasteiger partial charge is 0.325 e. The van der Waals surface area contributed by atoms with Gasteiger partial charge in [-0.15, -0.1) is 0 Å².